The molecule has 3 heterocycles. The van der Waals surface area contributed by atoms with Crippen molar-refractivity contribution in [2.75, 3.05) is 25.0 Å². The van der Waals surface area contributed by atoms with Crippen molar-refractivity contribution in [3.8, 4) is 0 Å². The monoisotopic (exact) mass is 457 g/mol. The van der Waals surface area contributed by atoms with Crippen molar-refractivity contribution >= 4 is 27.6 Å². The Balaban J connectivity index is 1.56. The number of rotatable bonds is 7. The van der Waals surface area contributed by atoms with E-state index in [-0.39, 0.29) is 16.8 Å². The highest BCUT2D eigenvalue weighted by Gasteiger charge is 2.44. The fraction of sp³-hybridized carbons (Fsp3) is 0.476. The second-order valence-corrected chi connectivity index (χ2v) is 10.7. The van der Waals surface area contributed by atoms with E-state index in [0.29, 0.717) is 36.8 Å². The molecular weight excluding hydrogens is 430 g/mol. The van der Waals surface area contributed by atoms with E-state index in [0.717, 1.165) is 18.4 Å². The van der Waals surface area contributed by atoms with Gasteiger partial charge in [0.15, 0.2) is 0 Å². The lowest BCUT2D eigenvalue weighted by molar-refractivity contribution is 0.0832. The highest BCUT2D eigenvalue weighted by atomic mass is 32.2. The molecule has 10 nitrogen and oxygen atoms in total. The molecule has 1 aliphatic carbocycles. The van der Waals surface area contributed by atoms with Crippen LogP contribution < -0.4 is 14.9 Å². The van der Waals surface area contributed by atoms with Gasteiger partial charge in [0.05, 0.1) is 41.5 Å². The number of carbonyl (C=O) groups excluding carboxylic acids is 1. The predicted molar refractivity (Wildman–Crippen MR) is 120 cm³/mol. The number of hydrogen-bond donors (Lipinski definition) is 2. The maximum Gasteiger partial charge on any atom is 0.263 e. The van der Waals surface area contributed by atoms with Gasteiger partial charge in [-0.1, -0.05) is 0 Å². The van der Waals surface area contributed by atoms with Crippen LogP contribution in [0.25, 0.3) is 0 Å². The number of fused-ring (bicyclic) bond motifs is 3. The van der Waals surface area contributed by atoms with E-state index in [4.69, 9.17) is 0 Å². The molecule has 2 N–H and O–H groups in total. The minimum Gasteiger partial charge on any atom is -0.318 e. The Labute approximate surface area is 187 Å². The standard InChI is InChI=1S/C21H27N7O3S/c1-21(6-7-21)25-32(30,31)16-4-5-18-17(8-16)19(29)27(13-14-9-24-26(3)12-14)20-23-11-15(10-22-2)28(18)20/h4-5,8-9,12,15,22,25H,6-7,10-11,13H2,1-3H3/t15-/m1/s1. The molecule has 2 aliphatic heterocycles. The van der Waals surface area contributed by atoms with Gasteiger partial charge >= 0.3 is 0 Å². The Morgan fingerprint density at radius 1 is 1.28 bits per heavy atom. The van der Waals surface area contributed by atoms with Crippen LogP contribution in [0.15, 0.2) is 40.5 Å². The van der Waals surface area contributed by atoms with Gasteiger partial charge in [-0.25, -0.2) is 13.1 Å². The summed E-state index contributed by atoms with van der Waals surface area (Å²) in [7, 11) is -0.0272. The Kier molecular flexibility index (Phi) is 4.88. The first-order valence-electron chi connectivity index (χ1n) is 10.7. The van der Waals surface area contributed by atoms with Crippen molar-refractivity contribution < 1.29 is 13.2 Å². The zero-order valence-electron chi connectivity index (χ0n) is 18.4. The Hall–Kier alpha value is -2.76. The Bertz CT molecular complexity index is 1220. The number of sulfonamides is 1. The molecule has 0 spiro atoms. The molecule has 1 atom stereocenters. The molecule has 0 bridgehead atoms. The second kappa shape index (κ2) is 7.39. The van der Waals surface area contributed by atoms with E-state index in [1.54, 1.807) is 27.9 Å². The topological polar surface area (TPSA) is 112 Å². The highest BCUT2D eigenvalue weighted by Crippen LogP contribution is 2.38. The molecule has 170 valence electrons. The summed E-state index contributed by atoms with van der Waals surface area (Å²) in [6.45, 7) is 3.42. The third-order valence-corrected chi connectivity index (χ3v) is 7.83. The maximum atomic E-state index is 13.6. The van der Waals surface area contributed by atoms with Gasteiger partial charge in [-0.15, -0.1) is 0 Å². The summed E-state index contributed by atoms with van der Waals surface area (Å²) in [5.74, 6) is 0.324. The molecule has 0 saturated heterocycles. The number of nitrogens with one attached hydrogen (secondary N) is 2. The van der Waals surface area contributed by atoms with E-state index in [9.17, 15) is 13.2 Å². The number of nitrogens with zero attached hydrogens (tertiary/aromatic N) is 5. The molecule has 1 fully saturated rings. The summed E-state index contributed by atoms with van der Waals surface area (Å²) in [5.41, 5.74) is 1.53. The van der Waals surface area contributed by atoms with Crippen LogP contribution in [-0.2, 0) is 23.6 Å². The van der Waals surface area contributed by atoms with Crippen molar-refractivity contribution in [3.05, 3.63) is 41.7 Å². The average Bonchev–Trinajstić information content (AvgIpc) is 3.11. The second-order valence-electron chi connectivity index (χ2n) is 8.98. The molecule has 0 unspecified atom stereocenters. The first-order chi connectivity index (χ1) is 15.2. The van der Waals surface area contributed by atoms with Gasteiger partial charge in [-0.2, -0.15) is 5.10 Å². The number of aliphatic imine (C=N–C) groups is 1. The van der Waals surface area contributed by atoms with E-state index < -0.39 is 15.6 Å². The smallest absolute Gasteiger partial charge is 0.263 e. The minimum atomic E-state index is -3.73. The van der Waals surface area contributed by atoms with Crippen LogP contribution in [0.5, 0.6) is 0 Å². The molecular formula is C21H27N7O3S. The Morgan fingerprint density at radius 2 is 2.06 bits per heavy atom. The Morgan fingerprint density at radius 3 is 2.72 bits per heavy atom. The lowest BCUT2D eigenvalue weighted by atomic mass is 10.1. The fourth-order valence-corrected chi connectivity index (χ4v) is 5.76. The number of benzene rings is 1. The molecule has 1 amide bonds. The quantitative estimate of drug-likeness (QED) is 0.632. The number of amides is 1. The van der Waals surface area contributed by atoms with Crippen LogP contribution in [0, 0.1) is 0 Å². The molecule has 2 aromatic rings. The van der Waals surface area contributed by atoms with E-state index in [1.165, 1.54) is 6.07 Å². The van der Waals surface area contributed by atoms with E-state index in [2.05, 4.69) is 20.1 Å². The van der Waals surface area contributed by atoms with Crippen LogP contribution in [0.2, 0.25) is 0 Å². The molecule has 32 heavy (non-hydrogen) atoms. The van der Waals surface area contributed by atoms with Crippen molar-refractivity contribution in [1.29, 1.82) is 0 Å². The highest BCUT2D eigenvalue weighted by molar-refractivity contribution is 7.89. The van der Waals surface area contributed by atoms with E-state index in [1.807, 2.05) is 32.1 Å². The number of carbonyl (C=O) groups is 1. The number of anilines is 1. The number of likely N-dealkylation sites (N-methyl/N-ethyl adjacent to an activating group) is 1. The molecule has 1 saturated carbocycles. The largest absolute Gasteiger partial charge is 0.318 e. The first-order valence-corrected chi connectivity index (χ1v) is 12.1. The summed E-state index contributed by atoms with van der Waals surface area (Å²) in [6, 6.07) is 4.82. The van der Waals surface area contributed by atoms with Gasteiger partial charge in [0, 0.05) is 30.9 Å². The van der Waals surface area contributed by atoms with Crippen LogP contribution in [0.4, 0.5) is 5.69 Å². The average molecular weight is 458 g/mol. The van der Waals surface area contributed by atoms with Crippen LogP contribution >= 0.6 is 0 Å². The van der Waals surface area contributed by atoms with Gasteiger partial charge < -0.3 is 10.2 Å². The lowest BCUT2D eigenvalue weighted by Crippen LogP contribution is -2.54. The van der Waals surface area contributed by atoms with Gasteiger partial charge in [0.1, 0.15) is 0 Å². The van der Waals surface area contributed by atoms with Gasteiger partial charge in [-0.05, 0) is 45.0 Å². The summed E-state index contributed by atoms with van der Waals surface area (Å²) in [6.07, 6.45) is 5.20. The fourth-order valence-electron chi connectivity index (χ4n) is 4.27. The summed E-state index contributed by atoms with van der Waals surface area (Å²) in [5, 5.41) is 7.38. The SMILES string of the molecule is CNC[C@@H]1CN=C2N(Cc3cnn(C)c3)C(=O)c3cc(S(=O)(=O)NC4(C)CC4)ccc3N21. The number of hydrogen-bond acceptors (Lipinski definition) is 7. The van der Waals surface area contributed by atoms with Gasteiger partial charge in [0.25, 0.3) is 5.91 Å². The van der Waals surface area contributed by atoms with Crippen molar-refractivity contribution in [2.24, 2.45) is 12.0 Å². The molecule has 3 aliphatic rings. The predicted octanol–water partition coefficient (Wildman–Crippen LogP) is 0.671. The molecule has 0 radical (unpaired) electrons. The van der Waals surface area contributed by atoms with Gasteiger partial charge in [-0.3, -0.25) is 19.4 Å². The third kappa shape index (κ3) is 3.59. The van der Waals surface area contributed by atoms with Crippen molar-refractivity contribution in [2.45, 2.75) is 42.8 Å². The summed E-state index contributed by atoms with van der Waals surface area (Å²) in [4.78, 5) is 22.0. The van der Waals surface area contributed by atoms with Crippen LogP contribution in [0.3, 0.4) is 0 Å². The van der Waals surface area contributed by atoms with Crippen LogP contribution in [0.1, 0.15) is 35.7 Å². The first kappa shape index (κ1) is 21.1. The summed E-state index contributed by atoms with van der Waals surface area (Å²) >= 11 is 0. The minimum absolute atomic E-state index is 0.0317. The molecule has 1 aromatic heterocycles. The number of aromatic nitrogens is 2. The zero-order chi connectivity index (χ0) is 22.7. The molecule has 11 heteroatoms. The van der Waals surface area contributed by atoms with Gasteiger partial charge in [0.2, 0.25) is 16.0 Å². The third-order valence-electron chi connectivity index (χ3n) is 6.20. The number of guanidine groups is 1. The zero-order valence-corrected chi connectivity index (χ0v) is 19.2. The number of aryl methyl sites for hydroxylation is 1. The van der Waals surface area contributed by atoms with Crippen molar-refractivity contribution in [1.82, 2.24) is 24.7 Å². The normalized spacial score (nSPS) is 21.4. The van der Waals surface area contributed by atoms with Crippen molar-refractivity contribution in [3.63, 3.8) is 0 Å². The lowest BCUT2D eigenvalue weighted by Gasteiger charge is -2.38. The van der Waals surface area contributed by atoms with E-state index >= 15 is 0 Å². The maximum absolute atomic E-state index is 13.6. The van der Waals surface area contributed by atoms with Crippen LogP contribution in [-0.4, -0.2) is 66.7 Å². The molecule has 1 aromatic carbocycles. The molecule has 5 rings (SSSR count). The summed E-state index contributed by atoms with van der Waals surface area (Å²) < 4.78 is 30.4.